The van der Waals surface area contributed by atoms with Crippen LogP contribution in [-0.2, 0) is 25.8 Å². The van der Waals surface area contributed by atoms with Gasteiger partial charge in [0.05, 0.1) is 0 Å². The summed E-state index contributed by atoms with van der Waals surface area (Å²) < 4.78 is 0. The number of hydrogen-bond donors (Lipinski definition) is 0. The zero-order valence-electron chi connectivity index (χ0n) is 15.0. The van der Waals surface area contributed by atoms with Gasteiger partial charge in [0.25, 0.3) is 0 Å². The largest absolute Gasteiger partial charge is 4.00 e. The predicted molar refractivity (Wildman–Crippen MR) is 89.1 cm³/mol. The van der Waals surface area contributed by atoms with E-state index in [-0.39, 0.29) is 59.8 Å². The molecule has 2 unspecified atom stereocenters. The zero-order chi connectivity index (χ0) is 14.9. The summed E-state index contributed by atoms with van der Waals surface area (Å²) >= 11 is 0. The van der Waals surface area contributed by atoms with Gasteiger partial charge in [-0.15, -0.1) is 5.92 Å². The van der Waals surface area contributed by atoms with Gasteiger partial charge < -0.3 is 40.9 Å². The molecule has 0 aliphatic heterocycles. The van der Waals surface area contributed by atoms with Gasteiger partial charge in [0.15, 0.2) is 0 Å². The Kier molecular flexibility index (Phi) is 12.7. The molecule has 2 atom stereocenters. The Morgan fingerprint density at radius 1 is 1.00 bits per heavy atom. The Morgan fingerprint density at radius 2 is 1.52 bits per heavy atom. The second-order valence-electron chi connectivity index (χ2n) is 6.43. The van der Waals surface area contributed by atoms with Crippen LogP contribution < -0.4 is 34.0 Å². The molecule has 2 aliphatic rings. The molecule has 0 bridgehead atoms. The van der Waals surface area contributed by atoms with Crippen LogP contribution in [0.1, 0.15) is 47.1 Å². The van der Waals surface area contributed by atoms with Crippen molar-refractivity contribution in [1.29, 1.82) is 0 Å². The topological polar surface area (TPSA) is 0 Å². The van der Waals surface area contributed by atoms with E-state index in [2.05, 4.69) is 59.8 Å². The molecule has 23 heavy (non-hydrogen) atoms. The van der Waals surface area contributed by atoms with Crippen LogP contribution in [0.3, 0.4) is 0 Å². The van der Waals surface area contributed by atoms with Crippen LogP contribution in [0.2, 0.25) is 0 Å². The Hall–Kier alpha value is 0.660. The fourth-order valence-electron chi connectivity index (χ4n) is 3.42. The normalized spacial score (nSPS) is 20.9. The molecule has 1 fully saturated rings. The number of rotatable bonds is 0. The van der Waals surface area contributed by atoms with Gasteiger partial charge in [0, 0.05) is 0 Å². The third kappa shape index (κ3) is 5.85. The molecular formula is C20H28Br2Hf. The van der Waals surface area contributed by atoms with Gasteiger partial charge in [-0.25, -0.2) is 0 Å². The molecule has 1 aromatic carbocycles. The van der Waals surface area contributed by atoms with Crippen molar-refractivity contribution >= 4 is 0 Å². The first kappa shape index (κ1) is 25.9. The van der Waals surface area contributed by atoms with Gasteiger partial charge in [0.1, 0.15) is 0 Å². The minimum atomic E-state index is 0. The number of allylic oxidation sites excluding steroid dienone is 4. The fraction of sp³-hybridized carbons (Fsp3) is 0.500. The summed E-state index contributed by atoms with van der Waals surface area (Å²) in [6.07, 6.45) is 10.6. The third-order valence-corrected chi connectivity index (χ3v) is 5.46. The van der Waals surface area contributed by atoms with E-state index < -0.39 is 0 Å². The average Bonchev–Trinajstić information content (AvgIpc) is 2.92. The Labute approximate surface area is 182 Å². The Bertz CT molecular complexity index is 472. The van der Waals surface area contributed by atoms with Crippen molar-refractivity contribution < 1.29 is 59.8 Å². The van der Waals surface area contributed by atoms with E-state index in [9.17, 15) is 0 Å². The van der Waals surface area contributed by atoms with Crippen LogP contribution in [0, 0.1) is 53.4 Å². The summed E-state index contributed by atoms with van der Waals surface area (Å²) in [5.41, 5.74) is 8.94. The van der Waals surface area contributed by atoms with Crippen molar-refractivity contribution in [2.24, 2.45) is 11.8 Å². The van der Waals surface area contributed by atoms with E-state index in [0.29, 0.717) is 5.92 Å². The SMILES string of the molecule is Cc1c(C)c(C)[c-](C)c1C.[Br-].[Br-].[CH2-]C1CCC2CC=CC=C12.[Hf+4]. The van der Waals surface area contributed by atoms with Crippen LogP contribution in [0.4, 0.5) is 0 Å². The van der Waals surface area contributed by atoms with Crippen LogP contribution >= 0.6 is 0 Å². The van der Waals surface area contributed by atoms with Gasteiger partial charge >= 0.3 is 25.8 Å². The summed E-state index contributed by atoms with van der Waals surface area (Å²) in [5.74, 6) is 1.47. The fourth-order valence-corrected chi connectivity index (χ4v) is 3.42. The van der Waals surface area contributed by atoms with Gasteiger partial charge in [-0.3, -0.25) is 0 Å². The van der Waals surface area contributed by atoms with Crippen molar-refractivity contribution in [3.63, 3.8) is 0 Å². The van der Waals surface area contributed by atoms with Crippen molar-refractivity contribution in [3.05, 3.63) is 58.5 Å². The van der Waals surface area contributed by atoms with Crippen LogP contribution in [-0.4, -0.2) is 0 Å². The first-order chi connectivity index (χ1) is 9.43. The molecule has 3 rings (SSSR count). The van der Waals surface area contributed by atoms with Crippen molar-refractivity contribution in [2.45, 2.75) is 53.9 Å². The van der Waals surface area contributed by atoms with Crippen LogP contribution in [0.5, 0.6) is 0 Å². The van der Waals surface area contributed by atoms with Gasteiger partial charge in [-0.2, -0.15) is 27.8 Å². The summed E-state index contributed by atoms with van der Waals surface area (Å²) in [5, 5.41) is 0. The second-order valence-corrected chi connectivity index (χ2v) is 6.43. The standard InChI is InChI=1S/C10H13.C10H15.2BrH.Hf/c1-8-6-7-9-4-2-3-5-10(8)9;1-6-7(2)9(4)10(5)8(6)3;;;/h2-3,5,8-9H,1,4,6-7H2;1-5H3;2*1H;/q2*-1;;;+4/p-2. The first-order valence-electron chi connectivity index (χ1n) is 7.82. The number of hydrogen-bond acceptors (Lipinski definition) is 0. The molecule has 0 saturated heterocycles. The van der Waals surface area contributed by atoms with E-state index in [0.717, 1.165) is 5.92 Å². The van der Waals surface area contributed by atoms with Crippen molar-refractivity contribution in [2.75, 3.05) is 0 Å². The minimum absolute atomic E-state index is 0. The molecule has 0 heterocycles. The first-order valence-corrected chi connectivity index (χ1v) is 7.82. The van der Waals surface area contributed by atoms with E-state index in [4.69, 9.17) is 0 Å². The molecule has 126 valence electrons. The van der Waals surface area contributed by atoms with E-state index in [1.54, 1.807) is 5.57 Å². The van der Waals surface area contributed by atoms with Gasteiger partial charge in [-0.05, 0) is 18.8 Å². The summed E-state index contributed by atoms with van der Waals surface area (Å²) in [4.78, 5) is 0. The molecule has 0 radical (unpaired) electrons. The van der Waals surface area contributed by atoms with Gasteiger partial charge in [-0.1, -0.05) is 64.8 Å². The maximum atomic E-state index is 4.12. The third-order valence-electron chi connectivity index (χ3n) is 5.46. The molecule has 0 nitrogen and oxygen atoms in total. The van der Waals surface area contributed by atoms with E-state index >= 15 is 0 Å². The van der Waals surface area contributed by atoms with Gasteiger partial charge in [0.2, 0.25) is 0 Å². The van der Waals surface area contributed by atoms with E-state index in [1.807, 2.05) is 0 Å². The Morgan fingerprint density at radius 3 is 1.91 bits per heavy atom. The van der Waals surface area contributed by atoms with E-state index in [1.165, 1.54) is 47.1 Å². The maximum absolute atomic E-state index is 4.12. The molecule has 0 amide bonds. The Balaban J connectivity index is 0. The summed E-state index contributed by atoms with van der Waals surface area (Å²) in [6, 6.07) is 0. The number of fused-ring (bicyclic) bond motifs is 1. The second kappa shape index (κ2) is 11.3. The summed E-state index contributed by atoms with van der Waals surface area (Å²) in [7, 11) is 0. The smallest absolute Gasteiger partial charge is 1.00 e. The van der Waals surface area contributed by atoms with Crippen LogP contribution in [0.15, 0.2) is 23.8 Å². The molecular weight excluding hydrogens is 579 g/mol. The van der Waals surface area contributed by atoms with Crippen LogP contribution in [0.25, 0.3) is 0 Å². The maximum Gasteiger partial charge on any atom is 4.00 e. The quantitative estimate of drug-likeness (QED) is 0.281. The molecule has 1 aromatic rings. The average molecular weight is 607 g/mol. The van der Waals surface area contributed by atoms with Crippen molar-refractivity contribution in [1.82, 2.24) is 0 Å². The molecule has 3 heteroatoms. The minimum Gasteiger partial charge on any atom is -1.00 e. The van der Waals surface area contributed by atoms with Crippen molar-refractivity contribution in [3.8, 4) is 0 Å². The number of halogens is 2. The zero-order valence-corrected chi connectivity index (χ0v) is 21.7. The summed E-state index contributed by atoms with van der Waals surface area (Å²) in [6.45, 7) is 15.1. The molecule has 0 aromatic heterocycles. The predicted octanol–water partition coefficient (Wildman–Crippen LogP) is -0.314. The monoisotopic (exact) mass is 606 g/mol. The molecule has 2 aliphatic carbocycles. The molecule has 0 N–H and O–H groups in total. The molecule has 1 saturated carbocycles. The molecule has 0 spiro atoms.